The van der Waals surface area contributed by atoms with Crippen molar-refractivity contribution in [2.45, 2.75) is 44.1 Å². The van der Waals surface area contributed by atoms with E-state index in [-0.39, 0.29) is 6.04 Å². The van der Waals surface area contributed by atoms with Crippen LogP contribution in [0.25, 0.3) is 10.2 Å². The summed E-state index contributed by atoms with van der Waals surface area (Å²) in [5.41, 5.74) is 7.36. The summed E-state index contributed by atoms with van der Waals surface area (Å²) < 4.78 is 1.17. The van der Waals surface area contributed by atoms with Crippen molar-refractivity contribution in [2.24, 2.45) is 5.73 Å². The molecule has 1 aromatic carbocycles. The summed E-state index contributed by atoms with van der Waals surface area (Å²) in [6.45, 7) is 0. The first-order valence-corrected chi connectivity index (χ1v) is 7.75. The van der Waals surface area contributed by atoms with Crippen LogP contribution in [0.3, 0.4) is 0 Å². The second kappa shape index (κ2) is 5.16. The Kier molecular flexibility index (Phi) is 3.55. The Hall–Kier alpha value is -0.640. The van der Waals surface area contributed by atoms with Gasteiger partial charge in [0.05, 0.1) is 15.2 Å². The molecule has 0 spiro atoms. The van der Waals surface area contributed by atoms with Crippen LogP contribution in [-0.4, -0.2) is 11.0 Å². The van der Waals surface area contributed by atoms with Crippen LogP contribution in [0, 0.1) is 0 Å². The molecule has 2 aromatic rings. The molecule has 0 amide bonds. The second-order valence-electron chi connectivity index (χ2n) is 5.07. The molecule has 1 fully saturated rings. The number of nitrogens with zero attached hydrogens (tertiary/aromatic N) is 1. The molecule has 1 aliphatic rings. The van der Waals surface area contributed by atoms with Crippen LogP contribution in [-0.2, 0) is 0 Å². The molecule has 0 radical (unpaired) electrons. The smallest absolute Gasteiger partial charge is 0.0984 e. The quantitative estimate of drug-likeness (QED) is 0.790. The van der Waals surface area contributed by atoms with E-state index in [1.54, 1.807) is 11.3 Å². The second-order valence-corrected chi connectivity index (χ2v) is 6.57. The maximum absolute atomic E-state index is 6.30. The van der Waals surface area contributed by atoms with Gasteiger partial charge in [0.2, 0.25) is 0 Å². The van der Waals surface area contributed by atoms with Gasteiger partial charge < -0.3 is 5.73 Å². The van der Waals surface area contributed by atoms with E-state index in [9.17, 15) is 0 Å². The predicted octanol–water partition coefficient (Wildman–Crippen LogP) is 4.32. The van der Waals surface area contributed by atoms with Crippen LogP contribution in [0.2, 0.25) is 5.02 Å². The Labute approximate surface area is 116 Å². The molecule has 4 heteroatoms. The Morgan fingerprint density at radius 2 is 2.06 bits per heavy atom. The zero-order chi connectivity index (χ0) is 12.5. The normalized spacial score (nSPS) is 25.2. The number of hydrogen-bond acceptors (Lipinski definition) is 3. The summed E-state index contributed by atoms with van der Waals surface area (Å²) >= 11 is 7.78. The highest BCUT2D eigenvalue weighted by Gasteiger charge is 2.24. The molecule has 18 heavy (non-hydrogen) atoms. The number of rotatable bonds is 1. The Bertz CT molecular complexity index is 552. The van der Waals surface area contributed by atoms with Gasteiger partial charge in [0, 0.05) is 17.0 Å². The zero-order valence-corrected chi connectivity index (χ0v) is 11.8. The van der Waals surface area contributed by atoms with Gasteiger partial charge in [-0.05, 0) is 31.0 Å². The first-order valence-electron chi connectivity index (χ1n) is 6.55. The van der Waals surface area contributed by atoms with Crippen LogP contribution in [0.5, 0.6) is 0 Å². The lowest BCUT2D eigenvalue weighted by Crippen LogP contribution is -2.27. The van der Waals surface area contributed by atoms with E-state index in [4.69, 9.17) is 22.3 Å². The standard InChI is InChI=1S/C14H17ClN2S/c15-9-6-7-12-13(8-9)18-14(17-12)10-4-2-1-3-5-11(10)16/h6-8,10-11H,1-5,16H2. The molecule has 0 aliphatic heterocycles. The first-order chi connectivity index (χ1) is 8.74. The minimum atomic E-state index is 0.267. The van der Waals surface area contributed by atoms with Gasteiger partial charge in [0.15, 0.2) is 0 Å². The first kappa shape index (κ1) is 12.4. The molecular formula is C14H17ClN2S. The van der Waals surface area contributed by atoms with Crippen molar-refractivity contribution in [1.82, 2.24) is 4.98 Å². The van der Waals surface area contributed by atoms with Crippen molar-refractivity contribution in [3.05, 3.63) is 28.2 Å². The number of fused-ring (bicyclic) bond motifs is 1. The van der Waals surface area contributed by atoms with Crippen molar-refractivity contribution >= 4 is 33.2 Å². The van der Waals surface area contributed by atoms with Gasteiger partial charge in [-0.15, -0.1) is 11.3 Å². The number of halogens is 1. The van der Waals surface area contributed by atoms with Crippen molar-refractivity contribution < 1.29 is 0 Å². The Morgan fingerprint density at radius 1 is 1.22 bits per heavy atom. The molecule has 2 nitrogen and oxygen atoms in total. The molecule has 2 atom stereocenters. The SMILES string of the molecule is NC1CCCCCC1c1nc2ccc(Cl)cc2s1. The van der Waals surface area contributed by atoms with Gasteiger partial charge in [0.1, 0.15) is 0 Å². The van der Waals surface area contributed by atoms with Crippen molar-refractivity contribution in [1.29, 1.82) is 0 Å². The average Bonchev–Trinajstić information content (AvgIpc) is 2.63. The molecule has 2 N–H and O–H groups in total. The minimum Gasteiger partial charge on any atom is -0.327 e. The fraction of sp³-hybridized carbons (Fsp3) is 0.500. The van der Waals surface area contributed by atoms with Crippen LogP contribution in [0.4, 0.5) is 0 Å². The van der Waals surface area contributed by atoms with Gasteiger partial charge in [-0.2, -0.15) is 0 Å². The highest BCUT2D eigenvalue weighted by atomic mass is 35.5. The maximum atomic E-state index is 6.30. The van der Waals surface area contributed by atoms with Crippen molar-refractivity contribution in [2.75, 3.05) is 0 Å². The van der Waals surface area contributed by atoms with Gasteiger partial charge >= 0.3 is 0 Å². The highest BCUT2D eigenvalue weighted by Crippen LogP contribution is 2.36. The summed E-state index contributed by atoms with van der Waals surface area (Å²) in [4.78, 5) is 4.75. The van der Waals surface area contributed by atoms with Crippen molar-refractivity contribution in [3.63, 3.8) is 0 Å². The van der Waals surface area contributed by atoms with E-state index in [0.29, 0.717) is 5.92 Å². The Morgan fingerprint density at radius 3 is 2.94 bits per heavy atom. The van der Waals surface area contributed by atoms with Gasteiger partial charge in [-0.25, -0.2) is 4.98 Å². The largest absolute Gasteiger partial charge is 0.327 e. The summed E-state index contributed by atoms with van der Waals surface area (Å²) in [6, 6.07) is 6.17. The molecule has 2 unspecified atom stereocenters. The summed E-state index contributed by atoms with van der Waals surface area (Å²) in [7, 11) is 0. The molecule has 0 bridgehead atoms. The lowest BCUT2D eigenvalue weighted by molar-refractivity contribution is 0.504. The highest BCUT2D eigenvalue weighted by molar-refractivity contribution is 7.18. The average molecular weight is 281 g/mol. The third-order valence-electron chi connectivity index (χ3n) is 3.75. The monoisotopic (exact) mass is 280 g/mol. The summed E-state index contributed by atoms with van der Waals surface area (Å²) in [6.07, 6.45) is 6.14. The van der Waals surface area contributed by atoms with Crippen LogP contribution < -0.4 is 5.73 Å². The molecule has 1 aromatic heterocycles. The summed E-state index contributed by atoms with van der Waals surface area (Å²) in [5.74, 6) is 0.434. The van der Waals surface area contributed by atoms with E-state index in [0.717, 1.165) is 17.0 Å². The summed E-state index contributed by atoms with van der Waals surface area (Å²) in [5, 5.41) is 1.98. The van der Waals surface area contributed by atoms with Crippen LogP contribution in [0.1, 0.15) is 43.0 Å². The lowest BCUT2D eigenvalue weighted by Gasteiger charge is -2.18. The lowest BCUT2D eigenvalue weighted by atomic mass is 9.96. The van der Waals surface area contributed by atoms with Crippen LogP contribution >= 0.6 is 22.9 Å². The van der Waals surface area contributed by atoms with E-state index < -0.39 is 0 Å². The van der Waals surface area contributed by atoms with Gasteiger partial charge in [-0.3, -0.25) is 0 Å². The number of aromatic nitrogens is 1. The molecule has 0 saturated heterocycles. The van der Waals surface area contributed by atoms with Crippen LogP contribution in [0.15, 0.2) is 18.2 Å². The predicted molar refractivity (Wildman–Crippen MR) is 78.4 cm³/mol. The Balaban J connectivity index is 1.97. The molecule has 1 aliphatic carbocycles. The maximum Gasteiger partial charge on any atom is 0.0984 e. The molecular weight excluding hydrogens is 264 g/mol. The van der Waals surface area contributed by atoms with Gasteiger partial charge in [0.25, 0.3) is 0 Å². The molecule has 3 rings (SSSR count). The minimum absolute atomic E-state index is 0.267. The number of nitrogens with two attached hydrogens (primary N) is 1. The molecule has 1 saturated carbocycles. The third-order valence-corrected chi connectivity index (χ3v) is 5.14. The van der Waals surface area contributed by atoms with E-state index in [2.05, 4.69) is 0 Å². The van der Waals surface area contributed by atoms with E-state index in [1.165, 1.54) is 35.4 Å². The molecule has 1 heterocycles. The fourth-order valence-corrected chi connectivity index (χ4v) is 4.17. The fourth-order valence-electron chi connectivity index (χ4n) is 2.72. The molecule has 96 valence electrons. The van der Waals surface area contributed by atoms with Gasteiger partial charge in [-0.1, -0.05) is 30.9 Å². The van der Waals surface area contributed by atoms with E-state index >= 15 is 0 Å². The topological polar surface area (TPSA) is 38.9 Å². The number of thiazole rings is 1. The zero-order valence-electron chi connectivity index (χ0n) is 10.2. The number of hydrogen-bond donors (Lipinski definition) is 1. The van der Waals surface area contributed by atoms with E-state index in [1.807, 2.05) is 18.2 Å². The third kappa shape index (κ3) is 2.40. The van der Waals surface area contributed by atoms with Crippen molar-refractivity contribution in [3.8, 4) is 0 Å². The number of benzene rings is 1.